The molecule has 0 saturated carbocycles. The third-order valence-electron chi connectivity index (χ3n) is 4.33. The molecule has 2 N–H and O–H groups in total. The van der Waals surface area contributed by atoms with Crippen molar-refractivity contribution < 1.29 is 33.6 Å². The molecule has 8 nitrogen and oxygen atoms in total. The number of ether oxygens (including phenoxy) is 4. The van der Waals surface area contributed by atoms with Crippen LogP contribution in [0.15, 0.2) is 43.0 Å². The van der Waals surface area contributed by atoms with Crippen LogP contribution in [0.4, 0.5) is 0 Å². The van der Waals surface area contributed by atoms with Crippen molar-refractivity contribution in [2.45, 2.75) is 19.3 Å². The van der Waals surface area contributed by atoms with Crippen molar-refractivity contribution >= 4 is 11.9 Å². The SMILES string of the molecule is C=CC(=C)C(CC(=O)O)CC(=O)NCCc1ccc(OCOCCOC)c(OC)c1. The molecule has 1 amide bonds. The molecule has 0 aliphatic carbocycles. The van der Waals surface area contributed by atoms with Crippen LogP contribution in [0.1, 0.15) is 18.4 Å². The van der Waals surface area contributed by atoms with Crippen LogP contribution in [0.25, 0.3) is 0 Å². The van der Waals surface area contributed by atoms with Crippen LogP contribution in [0.3, 0.4) is 0 Å². The van der Waals surface area contributed by atoms with Crippen molar-refractivity contribution in [2.75, 3.05) is 40.8 Å². The van der Waals surface area contributed by atoms with E-state index in [-0.39, 0.29) is 25.5 Å². The molecule has 166 valence electrons. The summed E-state index contributed by atoms with van der Waals surface area (Å²) in [5.41, 5.74) is 1.50. The third-order valence-corrected chi connectivity index (χ3v) is 4.33. The minimum absolute atomic E-state index is 0.0519. The maximum Gasteiger partial charge on any atom is 0.303 e. The van der Waals surface area contributed by atoms with Gasteiger partial charge in [-0.25, -0.2) is 0 Å². The second-order valence-electron chi connectivity index (χ2n) is 6.53. The summed E-state index contributed by atoms with van der Waals surface area (Å²) < 4.78 is 21.1. The first-order valence-corrected chi connectivity index (χ1v) is 9.57. The number of allylic oxidation sites excluding steroid dienone is 2. The van der Waals surface area contributed by atoms with E-state index in [2.05, 4.69) is 18.5 Å². The molecular formula is C22H31NO7. The lowest BCUT2D eigenvalue weighted by Crippen LogP contribution is -2.28. The summed E-state index contributed by atoms with van der Waals surface area (Å²) in [4.78, 5) is 23.1. The molecule has 0 heterocycles. The van der Waals surface area contributed by atoms with Crippen molar-refractivity contribution in [1.29, 1.82) is 0 Å². The van der Waals surface area contributed by atoms with Crippen molar-refractivity contribution in [3.05, 3.63) is 48.6 Å². The number of carboxylic acids is 1. The molecule has 0 bridgehead atoms. The highest BCUT2D eigenvalue weighted by Crippen LogP contribution is 2.28. The summed E-state index contributed by atoms with van der Waals surface area (Å²) in [5, 5.41) is 11.8. The number of carbonyl (C=O) groups excluding carboxylic acids is 1. The second kappa shape index (κ2) is 14.2. The van der Waals surface area contributed by atoms with Crippen LogP contribution in [0.5, 0.6) is 11.5 Å². The molecule has 0 aromatic heterocycles. The van der Waals surface area contributed by atoms with Gasteiger partial charge in [-0.3, -0.25) is 9.59 Å². The average Bonchev–Trinajstić information content (AvgIpc) is 2.72. The topological polar surface area (TPSA) is 103 Å². The molecule has 0 fully saturated rings. The van der Waals surface area contributed by atoms with Gasteiger partial charge in [0.15, 0.2) is 18.3 Å². The molecule has 1 unspecified atom stereocenters. The van der Waals surface area contributed by atoms with Gasteiger partial charge >= 0.3 is 5.97 Å². The Kier molecular flexibility index (Phi) is 11.9. The number of benzene rings is 1. The van der Waals surface area contributed by atoms with Gasteiger partial charge in [0, 0.05) is 26.0 Å². The third kappa shape index (κ3) is 9.58. The number of hydrogen-bond donors (Lipinski definition) is 2. The fourth-order valence-corrected chi connectivity index (χ4v) is 2.65. The summed E-state index contributed by atoms with van der Waals surface area (Å²) in [6, 6.07) is 5.50. The lowest BCUT2D eigenvalue weighted by molar-refractivity contribution is -0.138. The largest absolute Gasteiger partial charge is 0.493 e. The average molecular weight is 421 g/mol. The summed E-state index contributed by atoms with van der Waals surface area (Å²) in [6.07, 6.45) is 1.96. The maximum absolute atomic E-state index is 12.2. The number of hydrogen-bond acceptors (Lipinski definition) is 6. The van der Waals surface area contributed by atoms with Gasteiger partial charge in [-0.1, -0.05) is 30.9 Å². The van der Waals surface area contributed by atoms with E-state index < -0.39 is 11.9 Å². The van der Waals surface area contributed by atoms with Crippen LogP contribution in [0.2, 0.25) is 0 Å². The lowest BCUT2D eigenvalue weighted by Gasteiger charge is -2.15. The predicted molar refractivity (Wildman–Crippen MR) is 113 cm³/mol. The van der Waals surface area contributed by atoms with E-state index in [4.69, 9.17) is 24.1 Å². The first-order chi connectivity index (χ1) is 14.4. The Morgan fingerprint density at radius 3 is 2.60 bits per heavy atom. The zero-order valence-corrected chi connectivity index (χ0v) is 17.6. The smallest absolute Gasteiger partial charge is 0.303 e. The van der Waals surface area contributed by atoms with Gasteiger partial charge < -0.3 is 29.4 Å². The molecule has 8 heteroatoms. The van der Waals surface area contributed by atoms with Crippen LogP contribution >= 0.6 is 0 Å². The highest BCUT2D eigenvalue weighted by atomic mass is 16.7. The van der Waals surface area contributed by atoms with Gasteiger partial charge in [-0.05, 0) is 24.1 Å². The Balaban J connectivity index is 2.51. The Morgan fingerprint density at radius 1 is 1.20 bits per heavy atom. The molecule has 0 spiro atoms. The maximum atomic E-state index is 12.2. The van der Waals surface area contributed by atoms with E-state index >= 15 is 0 Å². The number of amides is 1. The lowest BCUT2D eigenvalue weighted by atomic mass is 9.93. The fourth-order valence-electron chi connectivity index (χ4n) is 2.65. The van der Waals surface area contributed by atoms with Crippen molar-refractivity contribution in [3.63, 3.8) is 0 Å². The van der Waals surface area contributed by atoms with E-state index in [0.29, 0.717) is 43.3 Å². The highest BCUT2D eigenvalue weighted by molar-refractivity contribution is 5.78. The van der Waals surface area contributed by atoms with E-state index in [1.54, 1.807) is 20.3 Å². The molecule has 1 aromatic carbocycles. The molecule has 1 atom stereocenters. The van der Waals surface area contributed by atoms with E-state index in [0.717, 1.165) is 5.56 Å². The molecule has 0 aliphatic heterocycles. The minimum Gasteiger partial charge on any atom is -0.493 e. The Morgan fingerprint density at radius 2 is 1.97 bits per heavy atom. The number of methoxy groups -OCH3 is 2. The van der Waals surface area contributed by atoms with E-state index in [9.17, 15) is 9.59 Å². The van der Waals surface area contributed by atoms with Crippen LogP contribution < -0.4 is 14.8 Å². The van der Waals surface area contributed by atoms with Crippen molar-refractivity contribution in [3.8, 4) is 11.5 Å². The summed E-state index contributed by atoms with van der Waals surface area (Å²) in [6.45, 7) is 8.78. The van der Waals surface area contributed by atoms with E-state index in [1.807, 2.05) is 12.1 Å². The molecule has 0 saturated heterocycles. The van der Waals surface area contributed by atoms with Crippen LogP contribution in [0, 0.1) is 5.92 Å². The quantitative estimate of drug-likeness (QED) is 0.240. The molecule has 0 radical (unpaired) electrons. The Hall–Kier alpha value is -2.84. The van der Waals surface area contributed by atoms with Gasteiger partial charge in [-0.15, -0.1) is 0 Å². The Labute approximate surface area is 177 Å². The number of carboxylic acid groups (broad SMARTS) is 1. The minimum atomic E-state index is -0.977. The molecule has 1 rings (SSSR count). The van der Waals surface area contributed by atoms with Gasteiger partial charge in [0.2, 0.25) is 5.91 Å². The number of nitrogens with one attached hydrogen (secondary N) is 1. The number of carbonyl (C=O) groups is 2. The second-order valence-corrected chi connectivity index (χ2v) is 6.53. The van der Waals surface area contributed by atoms with Crippen molar-refractivity contribution in [1.82, 2.24) is 5.32 Å². The van der Waals surface area contributed by atoms with E-state index in [1.165, 1.54) is 6.08 Å². The van der Waals surface area contributed by atoms with Crippen molar-refractivity contribution in [2.24, 2.45) is 5.92 Å². The molecule has 1 aromatic rings. The first-order valence-electron chi connectivity index (χ1n) is 9.57. The normalized spacial score (nSPS) is 11.4. The molecular weight excluding hydrogens is 390 g/mol. The zero-order chi connectivity index (χ0) is 22.4. The zero-order valence-electron chi connectivity index (χ0n) is 17.6. The van der Waals surface area contributed by atoms with Crippen LogP contribution in [-0.4, -0.2) is 57.8 Å². The number of aliphatic carboxylic acids is 1. The first kappa shape index (κ1) is 25.2. The van der Waals surface area contributed by atoms with Gasteiger partial charge in [0.25, 0.3) is 0 Å². The van der Waals surface area contributed by atoms with Gasteiger partial charge in [0.1, 0.15) is 0 Å². The fraction of sp³-hybridized carbons (Fsp3) is 0.455. The molecule has 0 aliphatic rings. The standard InChI is InChI=1S/C22H31NO7/c1-5-16(2)18(14-22(25)26)13-21(24)23-9-8-17-6-7-19(20(12-17)28-4)30-15-29-11-10-27-3/h5-7,12,18H,1-2,8-11,13-15H2,3-4H3,(H,23,24)(H,25,26). The monoisotopic (exact) mass is 421 g/mol. The summed E-state index contributed by atoms with van der Waals surface area (Å²) in [7, 11) is 3.15. The summed E-state index contributed by atoms with van der Waals surface area (Å²) in [5.74, 6) is -0.554. The molecule has 30 heavy (non-hydrogen) atoms. The number of rotatable bonds is 16. The predicted octanol–water partition coefficient (Wildman–Crippen LogP) is 2.58. The highest BCUT2D eigenvalue weighted by Gasteiger charge is 2.18. The van der Waals surface area contributed by atoms with Gasteiger partial charge in [-0.2, -0.15) is 0 Å². The Bertz CT molecular complexity index is 717. The van der Waals surface area contributed by atoms with Gasteiger partial charge in [0.05, 0.1) is 26.7 Å². The summed E-state index contributed by atoms with van der Waals surface area (Å²) >= 11 is 0. The van der Waals surface area contributed by atoms with Crippen LogP contribution in [-0.2, 0) is 25.5 Å².